The van der Waals surface area contributed by atoms with E-state index in [-0.39, 0.29) is 16.3 Å². The number of allylic oxidation sites excluding steroid dienone is 3. The molecule has 1 aliphatic rings. The number of amides is 1. The highest BCUT2D eigenvalue weighted by molar-refractivity contribution is 6.32. The second-order valence-electron chi connectivity index (χ2n) is 7.52. The van der Waals surface area contributed by atoms with E-state index in [0.717, 1.165) is 42.6 Å². The first-order valence-corrected chi connectivity index (χ1v) is 10.3. The van der Waals surface area contributed by atoms with Crippen LogP contribution >= 0.6 is 11.6 Å². The molecule has 0 saturated heterocycles. The third-order valence-corrected chi connectivity index (χ3v) is 5.54. The standard InChI is InChI=1S/C23H12ClF8N3O/c24-16-5-2-6-17(26)18(16)14-8-7-13(19(14)34-21(36)23(30,31)32)15-10-33-35(20(15)22(27,28)29)12-4-1-3-11(25)9-12/h1-6,8-10H,7H2,(H,34,36). The van der Waals surface area contributed by atoms with Crippen LogP contribution in [0.2, 0.25) is 5.02 Å². The van der Waals surface area contributed by atoms with Crippen molar-refractivity contribution in [3.63, 3.8) is 0 Å². The number of hydrogen-bond donors (Lipinski definition) is 1. The van der Waals surface area contributed by atoms with E-state index in [2.05, 4.69) is 5.10 Å². The summed E-state index contributed by atoms with van der Waals surface area (Å²) in [5, 5.41) is 4.99. The Morgan fingerprint density at radius 1 is 1.03 bits per heavy atom. The number of hydrogen-bond acceptors (Lipinski definition) is 2. The van der Waals surface area contributed by atoms with Crippen molar-refractivity contribution in [3.8, 4) is 5.69 Å². The van der Waals surface area contributed by atoms with E-state index in [1.165, 1.54) is 12.1 Å². The summed E-state index contributed by atoms with van der Waals surface area (Å²) >= 11 is 6.03. The summed E-state index contributed by atoms with van der Waals surface area (Å²) in [4.78, 5) is 11.8. The fraction of sp³-hybridized carbons (Fsp3) is 0.130. The molecule has 4 nitrogen and oxygen atoms in total. The third-order valence-electron chi connectivity index (χ3n) is 5.23. The van der Waals surface area contributed by atoms with Crippen molar-refractivity contribution in [2.75, 3.05) is 0 Å². The van der Waals surface area contributed by atoms with Crippen molar-refractivity contribution in [1.29, 1.82) is 0 Å². The van der Waals surface area contributed by atoms with Crippen LogP contribution < -0.4 is 5.32 Å². The number of halogens is 9. The lowest BCUT2D eigenvalue weighted by Crippen LogP contribution is -2.36. The molecule has 0 fully saturated rings. The Hall–Kier alpha value is -3.67. The molecule has 1 aliphatic carbocycles. The van der Waals surface area contributed by atoms with Gasteiger partial charge in [0.2, 0.25) is 0 Å². The van der Waals surface area contributed by atoms with Crippen molar-refractivity contribution in [1.82, 2.24) is 15.1 Å². The average Bonchev–Trinajstić information content (AvgIpc) is 3.37. The summed E-state index contributed by atoms with van der Waals surface area (Å²) in [6.07, 6.45) is -9.06. The Bertz CT molecular complexity index is 1400. The van der Waals surface area contributed by atoms with E-state index >= 15 is 0 Å². The summed E-state index contributed by atoms with van der Waals surface area (Å²) in [6.45, 7) is 0. The number of rotatable bonds is 4. The van der Waals surface area contributed by atoms with Gasteiger partial charge in [-0.1, -0.05) is 29.8 Å². The molecule has 13 heteroatoms. The van der Waals surface area contributed by atoms with Crippen LogP contribution in [0.3, 0.4) is 0 Å². The maximum Gasteiger partial charge on any atom is 0.471 e. The van der Waals surface area contributed by atoms with Gasteiger partial charge in [-0.05, 0) is 42.3 Å². The van der Waals surface area contributed by atoms with Gasteiger partial charge in [0.05, 0.1) is 22.6 Å². The minimum Gasteiger partial charge on any atom is -0.317 e. The van der Waals surface area contributed by atoms with E-state index in [0.29, 0.717) is 4.68 Å². The van der Waals surface area contributed by atoms with Crippen molar-refractivity contribution in [2.24, 2.45) is 0 Å². The Morgan fingerprint density at radius 2 is 1.72 bits per heavy atom. The predicted octanol–water partition coefficient (Wildman–Crippen LogP) is 6.70. The zero-order valence-corrected chi connectivity index (χ0v) is 18.4. The number of nitrogens with one attached hydrogen (secondary N) is 1. The largest absolute Gasteiger partial charge is 0.471 e. The number of carbonyl (C=O) groups is 1. The lowest BCUT2D eigenvalue weighted by molar-refractivity contribution is -0.172. The predicted molar refractivity (Wildman–Crippen MR) is 114 cm³/mol. The molecule has 0 bridgehead atoms. The topological polar surface area (TPSA) is 46.9 Å². The van der Waals surface area contributed by atoms with Crippen LogP contribution in [0.4, 0.5) is 35.1 Å². The van der Waals surface area contributed by atoms with E-state index in [4.69, 9.17) is 11.6 Å². The molecule has 0 unspecified atom stereocenters. The molecule has 0 aliphatic heterocycles. The minimum absolute atomic E-state index is 0.243. The van der Waals surface area contributed by atoms with Crippen LogP contribution in [-0.4, -0.2) is 21.9 Å². The first kappa shape index (κ1) is 25.4. The summed E-state index contributed by atoms with van der Waals surface area (Å²) in [5.74, 6) is -4.31. The van der Waals surface area contributed by atoms with Crippen molar-refractivity contribution in [3.05, 3.63) is 93.9 Å². The van der Waals surface area contributed by atoms with E-state index in [1.807, 2.05) is 0 Å². The third kappa shape index (κ3) is 4.72. The number of benzene rings is 2. The molecule has 3 aromatic rings. The molecular weight excluding hydrogens is 522 g/mol. The van der Waals surface area contributed by atoms with Crippen LogP contribution in [0.5, 0.6) is 0 Å². The van der Waals surface area contributed by atoms with Crippen LogP contribution in [0.1, 0.15) is 23.2 Å². The molecule has 0 atom stereocenters. The fourth-order valence-electron chi connectivity index (χ4n) is 3.77. The first-order valence-electron chi connectivity index (χ1n) is 9.96. The lowest BCUT2D eigenvalue weighted by Gasteiger charge is -2.18. The van der Waals surface area contributed by atoms with Crippen molar-refractivity contribution >= 4 is 28.7 Å². The Morgan fingerprint density at radius 3 is 2.33 bits per heavy atom. The average molecular weight is 534 g/mol. The van der Waals surface area contributed by atoms with Gasteiger partial charge in [0.1, 0.15) is 11.6 Å². The molecule has 4 rings (SSSR count). The smallest absolute Gasteiger partial charge is 0.317 e. The molecule has 188 valence electrons. The molecule has 1 aromatic heterocycles. The maximum absolute atomic E-state index is 14.6. The highest BCUT2D eigenvalue weighted by atomic mass is 35.5. The second kappa shape index (κ2) is 9.08. The number of aromatic nitrogens is 2. The summed E-state index contributed by atoms with van der Waals surface area (Å²) in [7, 11) is 0. The molecule has 0 saturated carbocycles. The van der Waals surface area contributed by atoms with Crippen LogP contribution in [0.15, 0.2) is 60.4 Å². The first-order chi connectivity index (χ1) is 16.8. The lowest BCUT2D eigenvalue weighted by atomic mass is 10.00. The van der Waals surface area contributed by atoms with Gasteiger partial charge in [-0.3, -0.25) is 4.79 Å². The van der Waals surface area contributed by atoms with Gasteiger partial charge < -0.3 is 5.32 Å². The normalized spacial score (nSPS) is 14.3. The summed E-state index contributed by atoms with van der Waals surface area (Å²) in [6, 6.07) is 7.48. The molecule has 0 spiro atoms. The fourth-order valence-corrected chi connectivity index (χ4v) is 4.04. The van der Waals surface area contributed by atoms with E-state index in [9.17, 15) is 39.9 Å². The van der Waals surface area contributed by atoms with Gasteiger partial charge in [0, 0.05) is 16.7 Å². The SMILES string of the molecule is O=C(NC1=C(c2cnn(-c3cccc(F)c3)c2C(F)(F)F)CC=C1c1c(F)cccc1Cl)C(F)(F)F. The monoisotopic (exact) mass is 533 g/mol. The molecule has 1 amide bonds. The van der Waals surface area contributed by atoms with Gasteiger partial charge in [-0.25, -0.2) is 13.5 Å². The molecule has 2 aromatic carbocycles. The van der Waals surface area contributed by atoms with Crippen LogP contribution in [0.25, 0.3) is 16.8 Å². The molecule has 0 radical (unpaired) electrons. The highest BCUT2D eigenvalue weighted by Crippen LogP contribution is 2.45. The summed E-state index contributed by atoms with van der Waals surface area (Å²) in [5.41, 5.74) is -4.31. The number of carbonyl (C=O) groups excluding carboxylic acids is 1. The molecule has 36 heavy (non-hydrogen) atoms. The summed E-state index contributed by atoms with van der Waals surface area (Å²) < 4.78 is 110. The quantitative estimate of drug-likeness (QED) is 0.379. The van der Waals surface area contributed by atoms with Gasteiger partial charge in [0.15, 0.2) is 5.69 Å². The Labute approximate surface area is 202 Å². The maximum atomic E-state index is 14.6. The zero-order valence-electron chi connectivity index (χ0n) is 17.6. The number of nitrogens with zero attached hydrogens (tertiary/aromatic N) is 2. The second-order valence-corrected chi connectivity index (χ2v) is 7.93. The number of alkyl halides is 6. The van der Waals surface area contributed by atoms with Crippen molar-refractivity contribution < 1.29 is 39.9 Å². The molecule has 1 heterocycles. The highest BCUT2D eigenvalue weighted by Gasteiger charge is 2.43. The van der Waals surface area contributed by atoms with Gasteiger partial charge >= 0.3 is 18.3 Å². The van der Waals surface area contributed by atoms with Crippen LogP contribution in [-0.2, 0) is 11.0 Å². The van der Waals surface area contributed by atoms with Crippen LogP contribution in [0, 0.1) is 11.6 Å². The van der Waals surface area contributed by atoms with Gasteiger partial charge in [-0.2, -0.15) is 31.4 Å². The minimum atomic E-state index is -5.40. The van der Waals surface area contributed by atoms with E-state index in [1.54, 1.807) is 5.32 Å². The molecular formula is C23H12ClF8N3O. The van der Waals surface area contributed by atoms with Gasteiger partial charge in [0.25, 0.3) is 0 Å². The van der Waals surface area contributed by atoms with Gasteiger partial charge in [-0.15, -0.1) is 0 Å². The van der Waals surface area contributed by atoms with E-state index < -0.39 is 64.4 Å². The Kier molecular flexibility index (Phi) is 6.41. The zero-order chi connectivity index (χ0) is 26.4. The Balaban J connectivity index is 1.96. The van der Waals surface area contributed by atoms with Crippen molar-refractivity contribution in [2.45, 2.75) is 18.8 Å². The molecule has 1 N–H and O–H groups in total.